The number of esters is 1. The van der Waals surface area contributed by atoms with Crippen LogP contribution < -0.4 is 0 Å². The lowest BCUT2D eigenvalue weighted by molar-refractivity contribution is -0.143. The van der Waals surface area contributed by atoms with Crippen molar-refractivity contribution in [3.05, 3.63) is 14.7 Å². The van der Waals surface area contributed by atoms with E-state index >= 15 is 0 Å². The van der Waals surface area contributed by atoms with Crippen molar-refractivity contribution in [1.29, 1.82) is 0 Å². The van der Waals surface area contributed by atoms with E-state index in [2.05, 4.69) is 0 Å². The number of hydrogen-bond acceptors (Lipinski definition) is 5. The highest BCUT2D eigenvalue weighted by Gasteiger charge is 2.31. The summed E-state index contributed by atoms with van der Waals surface area (Å²) in [5, 5.41) is 0. The molecule has 0 radical (unpaired) electrons. The third-order valence-corrected chi connectivity index (χ3v) is 5.99. The van der Waals surface area contributed by atoms with Gasteiger partial charge in [-0.25, -0.2) is 8.42 Å². The Morgan fingerprint density at radius 1 is 1.43 bits per heavy atom. The Labute approximate surface area is 138 Å². The van der Waals surface area contributed by atoms with Crippen LogP contribution in [0.1, 0.15) is 20.8 Å². The molecule has 0 aliphatic carbocycles. The minimum absolute atomic E-state index is 0.0436. The Hall–Kier alpha value is -0.340. The number of nitrogens with zero attached hydrogens (tertiary/aromatic N) is 1. The third-order valence-electron chi connectivity index (χ3n) is 2.42. The summed E-state index contributed by atoms with van der Waals surface area (Å²) < 4.78 is 31.5. The molecule has 0 fully saturated rings. The number of sulfonamides is 1. The van der Waals surface area contributed by atoms with Crippen molar-refractivity contribution in [2.75, 3.05) is 19.7 Å². The van der Waals surface area contributed by atoms with Gasteiger partial charge in [-0.1, -0.05) is 37.0 Å². The second-order valence-corrected chi connectivity index (χ2v) is 8.88. The van der Waals surface area contributed by atoms with Crippen LogP contribution in [0.25, 0.3) is 0 Å². The lowest BCUT2D eigenvalue weighted by Gasteiger charge is -2.22. The molecule has 1 aromatic heterocycles. The SMILES string of the molecule is CCOC(=O)CN(CC(C)C)S(=O)(=O)c1cc(Cl)sc1Cl. The Morgan fingerprint density at radius 3 is 2.48 bits per heavy atom. The number of carbonyl (C=O) groups excluding carboxylic acids is 1. The lowest BCUT2D eigenvalue weighted by Crippen LogP contribution is -2.38. The van der Waals surface area contributed by atoms with Gasteiger partial charge < -0.3 is 4.74 Å². The molecule has 21 heavy (non-hydrogen) atoms. The summed E-state index contributed by atoms with van der Waals surface area (Å²) in [4.78, 5) is 11.5. The average molecular weight is 374 g/mol. The van der Waals surface area contributed by atoms with E-state index in [1.54, 1.807) is 6.92 Å². The summed E-state index contributed by atoms with van der Waals surface area (Å²) >= 11 is 12.7. The van der Waals surface area contributed by atoms with Crippen LogP contribution in [0.3, 0.4) is 0 Å². The smallest absolute Gasteiger partial charge is 0.321 e. The molecule has 0 spiro atoms. The molecule has 0 N–H and O–H groups in total. The van der Waals surface area contributed by atoms with Crippen LogP contribution in [0.2, 0.25) is 8.67 Å². The molecule has 9 heteroatoms. The lowest BCUT2D eigenvalue weighted by atomic mass is 10.2. The van der Waals surface area contributed by atoms with E-state index in [4.69, 9.17) is 27.9 Å². The second kappa shape index (κ2) is 7.78. The van der Waals surface area contributed by atoms with Crippen molar-refractivity contribution in [3.63, 3.8) is 0 Å². The first-order valence-corrected chi connectivity index (χ1v) is 9.30. The van der Waals surface area contributed by atoms with E-state index in [0.29, 0.717) is 0 Å². The molecule has 0 aromatic carbocycles. The molecule has 0 atom stereocenters. The predicted molar refractivity (Wildman–Crippen MR) is 84.6 cm³/mol. The van der Waals surface area contributed by atoms with Gasteiger partial charge in [-0.3, -0.25) is 4.79 Å². The Kier molecular flexibility index (Phi) is 6.93. The number of hydrogen-bond donors (Lipinski definition) is 0. The zero-order chi connectivity index (χ0) is 16.2. The molecule has 0 aliphatic rings. The molecule has 1 aromatic rings. The number of rotatable bonds is 7. The molecule has 1 heterocycles. The van der Waals surface area contributed by atoms with Gasteiger partial charge in [0.25, 0.3) is 0 Å². The molecule has 0 saturated carbocycles. The van der Waals surface area contributed by atoms with Gasteiger partial charge in [-0.05, 0) is 18.9 Å². The summed E-state index contributed by atoms with van der Waals surface area (Å²) in [6.07, 6.45) is 0. The van der Waals surface area contributed by atoms with Crippen molar-refractivity contribution in [2.24, 2.45) is 5.92 Å². The van der Waals surface area contributed by atoms with Crippen LogP contribution >= 0.6 is 34.5 Å². The number of ether oxygens (including phenoxy) is 1. The summed E-state index contributed by atoms with van der Waals surface area (Å²) in [6, 6.07) is 1.29. The van der Waals surface area contributed by atoms with E-state index in [0.717, 1.165) is 15.6 Å². The number of carbonyl (C=O) groups is 1. The molecule has 0 unspecified atom stereocenters. The monoisotopic (exact) mass is 373 g/mol. The van der Waals surface area contributed by atoms with Crippen LogP contribution in [-0.2, 0) is 19.6 Å². The maximum atomic E-state index is 12.6. The maximum absolute atomic E-state index is 12.6. The Morgan fingerprint density at radius 2 is 2.05 bits per heavy atom. The van der Waals surface area contributed by atoms with E-state index in [-0.39, 0.29) is 39.2 Å². The summed E-state index contributed by atoms with van der Waals surface area (Å²) in [5.74, 6) is -0.554. The Bertz CT molecular complexity index is 598. The van der Waals surface area contributed by atoms with E-state index in [9.17, 15) is 13.2 Å². The van der Waals surface area contributed by atoms with Crippen LogP contribution in [0.4, 0.5) is 0 Å². The van der Waals surface area contributed by atoms with Crippen molar-refractivity contribution in [3.8, 4) is 0 Å². The standard InChI is InChI=1S/C12H17Cl2NO4S2/c1-4-19-11(16)7-15(6-8(2)3)21(17,18)9-5-10(13)20-12(9)14/h5,8H,4,6-7H2,1-3H3. The number of thiophene rings is 1. The molecule has 0 bridgehead atoms. The summed E-state index contributed by atoms with van der Waals surface area (Å²) in [6.45, 7) is 5.41. The Balaban J connectivity index is 3.11. The van der Waals surface area contributed by atoms with Crippen molar-refractivity contribution >= 4 is 50.5 Å². The minimum Gasteiger partial charge on any atom is -0.465 e. The molecule has 1 rings (SSSR count). The van der Waals surface area contributed by atoms with Gasteiger partial charge in [-0.15, -0.1) is 11.3 Å². The van der Waals surface area contributed by atoms with Crippen molar-refractivity contribution in [1.82, 2.24) is 4.31 Å². The van der Waals surface area contributed by atoms with Crippen LogP contribution in [-0.4, -0.2) is 38.4 Å². The van der Waals surface area contributed by atoms with E-state index in [1.807, 2.05) is 13.8 Å². The summed E-state index contributed by atoms with van der Waals surface area (Å²) in [5.41, 5.74) is 0. The topological polar surface area (TPSA) is 63.7 Å². The number of halogens is 2. The zero-order valence-corrected chi connectivity index (χ0v) is 15.1. The highest BCUT2D eigenvalue weighted by molar-refractivity contribution is 7.89. The fourth-order valence-corrected chi connectivity index (χ4v) is 5.31. The highest BCUT2D eigenvalue weighted by Crippen LogP contribution is 2.35. The van der Waals surface area contributed by atoms with Gasteiger partial charge in [0.05, 0.1) is 10.9 Å². The van der Waals surface area contributed by atoms with Gasteiger partial charge >= 0.3 is 5.97 Å². The van der Waals surface area contributed by atoms with Gasteiger partial charge in [0.2, 0.25) is 10.0 Å². The second-order valence-electron chi connectivity index (χ2n) is 4.68. The van der Waals surface area contributed by atoms with E-state index < -0.39 is 16.0 Å². The summed E-state index contributed by atoms with van der Waals surface area (Å²) in [7, 11) is -3.89. The van der Waals surface area contributed by atoms with Crippen LogP contribution in [0, 0.1) is 5.92 Å². The molecule has 0 aliphatic heterocycles. The first-order chi connectivity index (χ1) is 9.68. The van der Waals surface area contributed by atoms with Crippen molar-refractivity contribution in [2.45, 2.75) is 25.7 Å². The van der Waals surface area contributed by atoms with Gasteiger partial charge in [0, 0.05) is 6.54 Å². The molecular formula is C12H17Cl2NO4S2. The molecule has 0 saturated heterocycles. The molecule has 0 amide bonds. The van der Waals surface area contributed by atoms with Crippen LogP contribution in [0.15, 0.2) is 11.0 Å². The van der Waals surface area contributed by atoms with Gasteiger partial charge in [-0.2, -0.15) is 4.31 Å². The van der Waals surface area contributed by atoms with E-state index in [1.165, 1.54) is 6.07 Å². The highest BCUT2D eigenvalue weighted by atomic mass is 35.5. The zero-order valence-electron chi connectivity index (χ0n) is 11.9. The first kappa shape index (κ1) is 18.7. The fraction of sp³-hybridized carbons (Fsp3) is 0.583. The largest absolute Gasteiger partial charge is 0.465 e. The average Bonchev–Trinajstić information content (AvgIpc) is 2.68. The third kappa shape index (κ3) is 5.10. The predicted octanol–water partition coefficient (Wildman–Crippen LogP) is 3.26. The van der Waals surface area contributed by atoms with Gasteiger partial charge in [0.15, 0.2) is 0 Å². The minimum atomic E-state index is -3.89. The molecule has 120 valence electrons. The maximum Gasteiger partial charge on any atom is 0.321 e. The normalized spacial score (nSPS) is 12.1. The van der Waals surface area contributed by atoms with Crippen LogP contribution in [0.5, 0.6) is 0 Å². The fourth-order valence-electron chi connectivity index (χ4n) is 1.65. The quantitative estimate of drug-likeness (QED) is 0.688. The molecule has 5 nitrogen and oxygen atoms in total. The van der Waals surface area contributed by atoms with Gasteiger partial charge in [0.1, 0.15) is 15.8 Å². The molecular weight excluding hydrogens is 357 g/mol. The van der Waals surface area contributed by atoms with Crippen molar-refractivity contribution < 1.29 is 17.9 Å². The first-order valence-electron chi connectivity index (χ1n) is 6.29.